The SMILES string of the molecule is COc1c2c(cc3ccccc13)C(=O)OC2C. The summed E-state index contributed by atoms with van der Waals surface area (Å²) in [6, 6.07) is 9.73. The molecule has 0 spiro atoms. The minimum absolute atomic E-state index is 0.239. The second-order valence-electron chi connectivity index (χ2n) is 4.14. The normalized spacial score (nSPS) is 18.0. The van der Waals surface area contributed by atoms with Gasteiger partial charge in [-0.1, -0.05) is 24.3 Å². The number of hydrogen-bond donors (Lipinski definition) is 0. The van der Waals surface area contributed by atoms with Crippen molar-refractivity contribution < 1.29 is 14.3 Å². The third-order valence-corrected chi connectivity index (χ3v) is 3.15. The van der Waals surface area contributed by atoms with E-state index in [0.29, 0.717) is 5.56 Å². The fourth-order valence-corrected chi connectivity index (χ4v) is 2.41. The van der Waals surface area contributed by atoms with Gasteiger partial charge in [0.05, 0.1) is 12.7 Å². The van der Waals surface area contributed by atoms with Crippen LogP contribution in [0.3, 0.4) is 0 Å². The predicted octanol–water partition coefficient (Wildman–Crippen LogP) is 3.08. The van der Waals surface area contributed by atoms with Crippen LogP contribution in [0.1, 0.15) is 28.9 Å². The van der Waals surface area contributed by atoms with Gasteiger partial charge in [-0.25, -0.2) is 4.79 Å². The molecule has 2 aromatic rings. The van der Waals surface area contributed by atoms with E-state index in [0.717, 1.165) is 22.1 Å². The summed E-state index contributed by atoms with van der Waals surface area (Å²) in [5.41, 5.74) is 1.48. The van der Waals surface area contributed by atoms with Crippen molar-refractivity contribution in [3.63, 3.8) is 0 Å². The number of cyclic esters (lactones) is 1. The fraction of sp³-hybridized carbons (Fsp3) is 0.214. The van der Waals surface area contributed by atoms with Crippen LogP contribution in [-0.4, -0.2) is 13.1 Å². The van der Waals surface area contributed by atoms with E-state index < -0.39 is 0 Å². The molecule has 1 atom stereocenters. The van der Waals surface area contributed by atoms with Crippen molar-refractivity contribution in [3.05, 3.63) is 41.5 Å². The molecule has 0 saturated carbocycles. The molecule has 3 heteroatoms. The molecule has 86 valence electrons. The molecule has 0 bridgehead atoms. The minimum Gasteiger partial charge on any atom is -0.496 e. The smallest absolute Gasteiger partial charge is 0.339 e. The molecule has 17 heavy (non-hydrogen) atoms. The lowest BCUT2D eigenvalue weighted by Crippen LogP contribution is -1.96. The first-order valence-electron chi connectivity index (χ1n) is 5.53. The molecule has 3 nitrogen and oxygen atoms in total. The fourth-order valence-electron chi connectivity index (χ4n) is 2.41. The number of methoxy groups -OCH3 is 1. The van der Waals surface area contributed by atoms with E-state index in [2.05, 4.69) is 0 Å². The van der Waals surface area contributed by atoms with Crippen LogP contribution in [0.15, 0.2) is 30.3 Å². The van der Waals surface area contributed by atoms with Crippen LogP contribution in [0, 0.1) is 0 Å². The quantitative estimate of drug-likeness (QED) is 0.703. The van der Waals surface area contributed by atoms with Crippen molar-refractivity contribution in [2.75, 3.05) is 7.11 Å². The van der Waals surface area contributed by atoms with E-state index in [1.807, 2.05) is 37.3 Å². The van der Waals surface area contributed by atoms with Crippen molar-refractivity contribution in [2.24, 2.45) is 0 Å². The molecular formula is C14H12O3. The van der Waals surface area contributed by atoms with Crippen molar-refractivity contribution in [3.8, 4) is 5.75 Å². The summed E-state index contributed by atoms with van der Waals surface area (Å²) >= 11 is 0. The Morgan fingerprint density at radius 3 is 2.82 bits per heavy atom. The van der Waals surface area contributed by atoms with E-state index in [1.54, 1.807) is 7.11 Å². The van der Waals surface area contributed by atoms with E-state index in [-0.39, 0.29) is 12.1 Å². The van der Waals surface area contributed by atoms with Gasteiger partial charge in [-0.05, 0) is 18.4 Å². The minimum atomic E-state index is -0.267. The third-order valence-electron chi connectivity index (χ3n) is 3.15. The van der Waals surface area contributed by atoms with Gasteiger partial charge in [-0.3, -0.25) is 0 Å². The number of rotatable bonds is 1. The second kappa shape index (κ2) is 3.48. The van der Waals surface area contributed by atoms with Crippen LogP contribution in [0.25, 0.3) is 10.8 Å². The number of fused-ring (bicyclic) bond motifs is 2. The highest BCUT2D eigenvalue weighted by molar-refractivity contribution is 6.02. The van der Waals surface area contributed by atoms with E-state index >= 15 is 0 Å². The average molecular weight is 228 g/mol. The molecule has 1 heterocycles. The van der Waals surface area contributed by atoms with Crippen LogP contribution in [0.4, 0.5) is 0 Å². The number of hydrogen-bond acceptors (Lipinski definition) is 3. The predicted molar refractivity (Wildman–Crippen MR) is 64.3 cm³/mol. The molecule has 1 aliphatic heterocycles. The summed E-state index contributed by atoms with van der Waals surface area (Å²) in [6.45, 7) is 1.86. The van der Waals surface area contributed by atoms with Crippen molar-refractivity contribution in [2.45, 2.75) is 13.0 Å². The topological polar surface area (TPSA) is 35.5 Å². The molecule has 0 N–H and O–H groups in total. The first kappa shape index (κ1) is 10.1. The largest absolute Gasteiger partial charge is 0.496 e. The second-order valence-corrected chi connectivity index (χ2v) is 4.14. The van der Waals surface area contributed by atoms with E-state index in [9.17, 15) is 4.79 Å². The van der Waals surface area contributed by atoms with Gasteiger partial charge in [0, 0.05) is 10.9 Å². The number of carbonyl (C=O) groups excluding carboxylic acids is 1. The monoisotopic (exact) mass is 228 g/mol. The molecule has 0 saturated heterocycles. The molecular weight excluding hydrogens is 216 g/mol. The Labute approximate surface area is 99.0 Å². The van der Waals surface area contributed by atoms with Crippen LogP contribution in [0.2, 0.25) is 0 Å². The molecule has 0 aromatic heterocycles. The summed E-state index contributed by atoms with van der Waals surface area (Å²) in [6.07, 6.45) is -0.239. The average Bonchev–Trinajstić information content (AvgIpc) is 2.62. The molecule has 1 aliphatic rings. The van der Waals surface area contributed by atoms with Gasteiger partial charge < -0.3 is 9.47 Å². The summed E-state index contributed by atoms with van der Waals surface area (Å²) in [7, 11) is 1.62. The molecule has 0 radical (unpaired) electrons. The highest BCUT2D eigenvalue weighted by Gasteiger charge is 2.32. The molecule has 0 fully saturated rings. The maximum atomic E-state index is 11.7. The Kier molecular flexibility index (Phi) is 2.08. The highest BCUT2D eigenvalue weighted by Crippen LogP contribution is 2.42. The van der Waals surface area contributed by atoms with Gasteiger partial charge in [-0.15, -0.1) is 0 Å². The molecule has 3 rings (SSSR count). The summed E-state index contributed by atoms with van der Waals surface area (Å²) in [5, 5.41) is 2.01. The summed E-state index contributed by atoms with van der Waals surface area (Å²) in [4.78, 5) is 11.7. The van der Waals surface area contributed by atoms with Gasteiger partial charge in [0.25, 0.3) is 0 Å². The Balaban J connectivity index is 2.44. The van der Waals surface area contributed by atoms with E-state index in [4.69, 9.17) is 9.47 Å². The van der Waals surface area contributed by atoms with Gasteiger partial charge >= 0.3 is 5.97 Å². The van der Waals surface area contributed by atoms with Gasteiger partial charge in [0.1, 0.15) is 11.9 Å². The Morgan fingerprint density at radius 2 is 2.06 bits per heavy atom. The first-order valence-corrected chi connectivity index (χ1v) is 5.53. The van der Waals surface area contributed by atoms with Crippen LogP contribution in [-0.2, 0) is 4.74 Å². The summed E-state index contributed by atoms with van der Waals surface area (Å²) in [5.74, 6) is 0.480. The Hall–Kier alpha value is -2.03. The first-order chi connectivity index (χ1) is 8.22. The summed E-state index contributed by atoms with van der Waals surface area (Å²) < 4.78 is 10.7. The zero-order chi connectivity index (χ0) is 12.0. The number of esters is 1. The Morgan fingerprint density at radius 1 is 1.29 bits per heavy atom. The molecule has 0 amide bonds. The van der Waals surface area contributed by atoms with Crippen LogP contribution >= 0.6 is 0 Å². The molecule has 1 unspecified atom stereocenters. The maximum absolute atomic E-state index is 11.7. The lowest BCUT2D eigenvalue weighted by atomic mass is 9.98. The van der Waals surface area contributed by atoms with E-state index in [1.165, 1.54) is 0 Å². The standard InChI is InChI=1S/C14H12O3/c1-8-12-11(14(15)17-8)7-9-5-3-4-6-10(9)13(12)16-2/h3-8H,1-2H3. The number of ether oxygens (including phenoxy) is 2. The molecule has 0 aliphatic carbocycles. The van der Waals surface area contributed by atoms with Gasteiger partial charge in [0.15, 0.2) is 0 Å². The van der Waals surface area contributed by atoms with Crippen LogP contribution in [0.5, 0.6) is 5.75 Å². The Bertz CT molecular complexity index is 616. The zero-order valence-electron chi connectivity index (χ0n) is 9.69. The van der Waals surface area contributed by atoms with Gasteiger partial charge in [0.2, 0.25) is 0 Å². The third kappa shape index (κ3) is 1.32. The van der Waals surface area contributed by atoms with Crippen LogP contribution < -0.4 is 4.74 Å². The highest BCUT2D eigenvalue weighted by atomic mass is 16.5. The maximum Gasteiger partial charge on any atom is 0.339 e. The molecule has 2 aromatic carbocycles. The van der Waals surface area contributed by atoms with Crippen molar-refractivity contribution in [1.82, 2.24) is 0 Å². The van der Waals surface area contributed by atoms with Crippen molar-refractivity contribution >= 4 is 16.7 Å². The van der Waals surface area contributed by atoms with Gasteiger partial charge in [-0.2, -0.15) is 0 Å². The lowest BCUT2D eigenvalue weighted by Gasteiger charge is -2.11. The number of carbonyl (C=O) groups is 1. The number of benzene rings is 2. The lowest BCUT2D eigenvalue weighted by molar-refractivity contribution is 0.0420. The zero-order valence-corrected chi connectivity index (χ0v) is 9.69. The van der Waals surface area contributed by atoms with Crippen molar-refractivity contribution in [1.29, 1.82) is 0 Å².